The molecular weight excluding hydrogens is 280 g/mol. The molecule has 0 aliphatic carbocycles. The molecule has 1 aliphatic rings. The minimum atomic E-state index is -0.329. The SMILES string of the molecule is O=C(NCc1cccnc1)C1CC(=O)N(c2cccnc2)C1. The molecule has 0 radical (unpaired) electrons. The van der Waals surface area contributed by atoms with Gasteiger partial charge in [-0.3, -0.25) is 19.6 Å². The van der Waals surface area contributed by atoms with E-state index in [0.29, 0.717) is 13.1 Å². The molecule has 2 amide bonds. The van der Waals surface area contributed by atoms with Gasteiger partial charge in [0.05, 0.1) is 17.8 Å². The zero-order valence-electron chi connectivity index (χ0n) is 12.0. The Morgan fingerprint density at radius 3 is 2.68 bits per heavy atom. The van der Waals surface area contributed by atoms with Crippen molar-refractivity contribution in [1.29, 1.82) is 0 Å². The highest BCUT2D eigenvalue weighted by Crippen LogP contribution is 2.24. The third-order valence-electron chi connectivity index (χ3n) is 3.64. The molecule has 6 heteroatoms. The van der Waals surface area contributed by atoms with Crippen LogP contribution in [-0.4, -0.2) is 28.3 Å². The van der Waals surface area contributed by atoms with Gasteiger partial charge >= 0.3 is 0 Å². The van der Waals surface area contributed by atoms with Crippen LogP contribution >= 0.6 is 0 Å². The molecule has 0 saturated carbocycles. The number of anilines is 1. The first kappa shape index (κ1) is 14.2. The second-order valence-electron chi connectivity index (χ2n) is 5.20. The quantitative estimate of drug-likeness (QED) is 0.918. The normalized spacial score (nSPS) is 17.5. The summed E-state index contributed by atoms with van der Waals surface area (Å²) < 4.78 is 0. The molecular formula is C16H16N4O2. The first-order valence-electron chi connectivity index (χ1n) is 7.11. The molecule has 0 aromatic carbocycles. The number of amides is 2. The van der Waals surface area contributed by atoms with Crippen LogP contribution in [-0.2, 0) is 16.1 Å². The Morgan fingerprint density at radius 2 is 2.00 bits per heavy atom. The number of nitrogens with zero attached hydrogens (tertiary/aromatic N) is 3. The second-order valence-corrected chi connectivity index (χ2v) is 5.20. The third-order valence-corrected chi connectivity index (χ3v) is 3.64. The molecule has 1 saturated heterocycles. The highest BCUT2D eigenvalue weighted by Gasteiger charge is 2.35. The Bertz CT molecular complexity index is 660. The summed E-state index contributed by atoms with van der Waals surface area (Å²) in [4.78, 5) is 33.9. The number of hydrogen-bond acceptors (Lipinski definition) is 4. The molecule has 1 N–H and O–H groups in total. The van der Waals surface area contributed by atoms with E-state index >= 15 is 0 Å². The van der Waals surface area contributed by atoms with Gasteiger partial charge in [-0.2, -0.15) is 0 Å². The predicted molar refractivity (Wildman–Crippen MR) is 80.8 cm³/mol. The highest BCUT2D eigenvalue weighted by molar-refractivity contribution is 6.00. The van der Waals surface area contributed by atoms with Crippen molar-refractivity contribution in [3.05, 3.63) is 54.6 Å². The number of aromatic nitrogens is 2. The van der Waals surface area contributed by atoms with Crippen molar-refractivity contribution < 1.29 is 9.59 Å². The minimum absolute atomic E-state index is 0.0467. The van der Waals surface area contributed by atoms with Crippen molar-refractivity contribution in [3.8, 4) is 0 Å². The van der Waals surface area contributed by atoms with Gasteiger partial charge in [-0.25, -0.2) is 0 Å². The van der Waals surface area contributed by atoms with Crippen LogP contribution in [0.5, 0.6) is 0 Å². The number of hydrogen-bond donors (Lipinski definition) is 1. The smallest absolute Gasteiger partial charge is 0.227 e. The summed E-state index contributed by atoms with van der Waals surface area (Å²) in [5.74, 6) is -0.484. The summed E-state index contributed by atoms with van der Waals surface area (Å²) in [5, 5.41) is 2.86. The summed E-state index contributed by atoms with van der Waals surface area (Å²) in [6, 6.07) is 7.32. The van der Waals surface area contributed by atoms with Crippen molar-refractivity contribution >= 4 is 17.5 Å². The van der Waals surface area contributed by atoms with Gasteiger partial charge in [0.15, 0.2) is 0 Å². The number of carbonyl (C=O) groups excluding carboxylic acids is 2. The lowest BCUT2D eigenvalue weighted by molar-refractivity contribution is -0.126. The predicted octanol–water partition coefficient (Wildman–Crippen LogP) is 1.15. The Morgan fingerprint density at radius 1 is 1.23 bits per heavy atom. The lowest BCUT2D eigenvalue weighted by Crippen LogP contribution is -2.32. The average Bonchev–Trinajstić information content (AvgIpc) is 2.96. The van der Waals surface area contributed by atoms with Crippen molar-refractivity contribution in [2.24, 2.45) is 5.92 Å². The average molecular weight is 296 g/mol. The van der Waals surface area contributed by atoms with Crippen LogP contribution in [0.15, 0.2) is 49.1 Å². The summed E-state index contributed by atoms with van der Waals surface area (Å²) >= 11 is 0. The Balaban J connectivity index is 1.59. The van der Waals surface area contributed by atoms with E-state index in [0.717, 1.165) is 11.3 Å². The van der Waals surface area contributed by atoms with E-state index in [-0.39, 0.29) is 24.2 Å². The van der Waals surface area contributed by atoms with Crippen molar-refractivity contribution in [2.45, 2.75) is 13.0 Å². The van der Waals surface area contributed by atoms with E-state index in [1.54, 1.807) is 35.8 Å². The van der Waals surface area contributed by atoms with Crippen LogP contribution in [0.1, 0.15) is 12.0 Å². The summed E-state index contributed by atoms with van der Waals surface area (Å²) in [5.41, 5.74) is 1.67. The maximum Gasteiger partial charge on any atom is 0.227 e. The van der Waals surface area contributed by atoms with E-state index in [2.05, 4.69) is 15.3 Å². The van der Waals surface area contributed by atoms with Crippen LogP contribution in [0.3, 0.4) is 0 Å². The van der Waals surface area contributed by atoms with Gasteiger partial charge in [0, 0.05) is 38.1 Å². The van der Waals surface area contributed by atoms with Crippen LogP contribution in [0, 0.1) is 5.92 Å². The van der Waals surface area contributed by atoms with Crippen LogP contribution < -0.4 is 10.2 Å². The van der Waals surface area contributed by atoms with Gasteiger partial charge in [-0.15, -0.1) is 0 Å². The van der Waals surface area contributed by atoms with E-state index in [1.807, 2.05) is 18.2 Å². The summed E-state index contributed by atoms with van der Waals surface area (Å²) in [7, 11) is 0. The van der Waals surface area contributed by atoms with Gasteiger partial charge in [0.25, 0.3) is 0 Å². The summed E-state index contributed by atoms with van der Waals surface area (Å²) in [6.45, 7) is 0.813. The maximum atomic E-state index is 12.2. The number of carbonyl (C=O) groups is 2. The lowest BCUT2D eigenvalue weighted by atomic mass is 10.1. The number of nitrogens with one attached hydrogen (secondary N) is 1. The van der Waals surface area contributed by atoms with Crippen LogP contribution in [0.2, 0.25) is 0 Å². The molecule has 6 nitrogen and oxygen atoms in total. The van der Waals surface area contributed by atoms with Gasteiger partial charge in [0.2, 0.25) is 11.8 Å². The molecule has 3 rings (SSSR count). The number of pyridine rings is 2. The van der Waals surface area contributed by atoms with E-state index in [9.17, 15) is 9.59 Å². The minimum Gasteiger partial charge on any atom is -0.352 e. The molecule has 3 heterocycles. The van der Waals surface area contributed by atoms with E-state index < -0.39 is 0 Å². The third kappa shape index (κ3) is 3.11. The molecule has 0 spiro atoms. The largest absolute Gasteiger partial charge is 0.352 e. The van der Waals surface area contributed by atoms with E-state index in [1.165, 1.54) is 0 Å². The van der Waals surface area contributed by atoms with Gasteiger partial charge in [-0.05, 0) is 23.8 Å². The van der Waals surface area contributed by atoms with Crippen LogP contribution in [0.4, 0.5) is 5.69 Å². The molecule has 1 atom stereocenters. The Hall–Kier alpha value is -2.76. The van der Waals surface area contributed by atoms with E-state index in [4.69, 9.17) is 0 Å². The molecule has 22 heavy (non-hydrogen) atoms. The standard InChI is InChI=1S/C16H16N4O2/c21-15-7-13(11-20(15)14-4-2-6-18-10-14)16(22)19-9-12-3-1-5-17-8-12/h1-6,8,10,13H,7,9,11H2,(H,19,22). The molecule has 0 bridgehead atoms. The van der Waals surface area contributed by atoms with Crippen molar-refractivity contribution in [2.75, 3.05) is 11.4 Å². The van der Waals surface area contributed by atoms with Crippen molar-refractivity contribution in [1.82, 2.24) is 15.3 Å². The first-order valence-corrected chi connectivity index (χ1v) is 7.11. The maximum absolute atomic E-state index is 12.2. The molecule has 2 aromatic heterocycles. The fourth-order valence-electron chi connectivity index (χ4n) is 2.48. The molecule has 2 aromatic rings. The monoisotopic (exact) mass is 296 g/mol. The van der Waals surface area contributed by atoms with Gasteiger partial charge in [-0.1, -0.05) is 6.07 Å². The summed E-state index contributed by atoms with van der Waals surface area (Å²) in [6.07, 6.45) is 6.92. The molecule has 1 aliphatic heterocycles. The zero-order valence-corrected chi connectivity index (χ0v) is 12.0. The lowest BCUT2D eigenvalue weighted by Gasteiger charge is -2.16. The van der Waals surface area contributed by atoms with Crippen molar-refractivity contribution in [3.63, 3.8) is 0 Å². The fourth-order valence-corrected chi connectivity index (χ4v) is 2.48. The topological polar surface area (TPSA) is 75.2 Å². The second kappa shape index (κ2) is 6.34. The fraction of sp³-hybridized carbons (Fsp3) is 0.250. The Labute approximate surface area is 128 Å². The number of rotatable bonds is 4. The first-order chi connectivity index (χ1) is 10.7. The molecule has 1 fully saturated rings. The zero-order chi connectivity index (χ0) is 15.4. The van der Waals surface area contributed by atoms with Crippen LogP contribution in [0.25, 0.3) is 0 Å². The van der Waals surface area contributed by atoms with Gasteiger partial charge in [0.1, 0.15) is 0 Å². The highest BCUT2D eigenvalue weighted by atomic mass is 16.2. The molecule has 112 valence electrons. The molecule has 1 unspecified atom stereocenters. The van der Waals surface area contributed by atoms with Gasteiger partial charge < -0.3 is 10.2 Å². The Kier molecular flexibility index (Phi) is 4.09.